The molecule has 0 aromatic heterocycles. The van der Waals surface area contributed by atoms with Crippen LogP contribution in [0, 0.1) is 0 Å². The highest BCUT2D eigenvalue weighted by Gasteiger charge is 2.47. The largest absolute Gasteiger partial charge is 0.435 e. The predicted octanol–water partition coefficient (Wildman–Crippen LogP) is 3.65. The minimum absolute atomic E-state index is 0.0155. The van der Waals surface area contributed by atoms with Crippen LogP contribution in [0.4, 0.5) is 8.78 Å². The molecule has 1 aromatic carbocycles. The Labute approximate surface area is 181 Å². The third kappa shape index (κ3) is 4.22. The van der Waals surface area contributed by atoms with Crippen molar-refractivity contribution in [3.05, 3.63) is 28.2 Å². The number of benzene rings is 1. The van der Waals surface area contributed by atoms with Crippen molar-refractivity contribution < 1.29 is 27.9 Å². The molecule has 3 saturated heterocycles. The van der Waals surface area contributed by atoms with Crippen LogP contribution in [0.3, 0.4) is 0 Å². The maximum atomic E-state index is 13.0. The number of rotatable bonds is 6. The van der Waals surface area contributed by atoms with Gasteiger partial charge in [-0.25, -0.2) is 0 Å². The van der Waals surface area contributed by atoms with Crippen molar-refractivity contribution in [2.75, 3.05) is 0 Å². The lowest BCUT2D eigenvalue weighted by molar-refractivity contribution is -0.144. The molecule has 4 rings (SSSR count). The number of ether oxygens (including phenoxy) is 1. The van der Waals surface area contributed by atoms with Crippen LogP contribution in [0.15, 0.2) is 22.7 Å². The lowest BCUT2D eigenvalue weighted by atomic mass is 9.95. The Balaban J connectivity index is 1.40. The topological polar surface area (TPSA) is 66.9 Å². The van der Waals surface area contributed by atoms with Gasteiger partial charge in [0, 0.05) is 41.9 Å². The lowest BCUT2D eigenvalue weighted by Gasteiger charge is -2.41. The van der Waals surface area contributed by atoms with Gasteiger partial charge in [0.15, 0.2) is 0 Å². The first-order valence-electron chi connectivity index (χ1n) is 10.2. The Morgan fingerprint density at radius 1 is 1.10 bits per heavy atom. The standard InChI is InChI=1S/C21H23BrF2N2O4/c22-13-2-5-17(30-21(23)24)12(9-13)1-6-18(27)25-14-3-4-15(25)11-16(10-14)26-19(28)7-8-20(26)29/h2,5,9,14-16,21H,1,3-4,6-8,10-11H2. The van der Waals surface area contributed by atoms with Crippen molar-refractivity contribution in [3.63, 3.8) is 0 Å². The van der Waals surface area contributed by atoms with Gasteiger partial charge in [0.25, 0.3) is 0 Å². The minimum Gasteiger partial charge on any atom is -0.435 e. The van der Waals surface area contributed by atoms with Gasteiger partial charge < -0.3 is 9.64 Å². The molecule has 0 N–H and O–H groups in total. The van der Waals surface area contributed by atoms with Crippen molar-refractivity contribution in [1.82, 2.24) is 9.80 Å². The van der Waals surface area contributed by atoms with Gasteiger partial charge in [-0.05, 0) is 55.9 Å². The van der Waals surface area contributed by atoms with Crippen LogP contribution in [-0.2, 0) is 20.8 Å². The summed E-state index contributed by atoms with van der Waals surface area (Å²) in [5.74, 6) is -0.160. The number of alkyl halides is 2. The number of imide groups is 1. The van der Waals surface area contributed by atoms with E-state index in [2.05, 4.69) is 20.7 Å². The quantitative estimate of drug-likeness (QED) is 0.578. The molecule has 1 aromatic rings. The minimum atomic E-state index is -2.92. The van der Waals surface area contributed by atoms with Crippen molar-refractivity contribution >= 4 is 33.7 Å². The molecular weight excluding hydrogens is 462 g/mol. The number of hydrogen-bond donors (Lipinski definition) is 0. The summed E-state index contributed by atoms with van der Waals surface area (Å²) in [4.78, 5) is 40.5. The van der Waals surface area contributed by atoms with E-state index in [9.17, 15) is 23.2 Å². The Bertz CT molecular complexity index is 835. The average Bonchev–Trinajstić information content (AvgIpc) is 3.16. The van der Waals surface area contributed by atoms with Gasteiger partial charge in [-0.15, -0.1) is 0 Å². The second kappa shape index (κ2) is 8.61. The second-order valence-corrected chi connectivity index (χ2v) is 9.01. The molecule has 2 bridgehead atoms. The molecule has 0 aliphatic carbocycles. The summed E-state index contributed by atoms with van der Waals surface area (Å²) in [6.07, 6.45) is 4.01. The number of amides is 3. The third-order valence-corrected chi connectivity index (χ3v) is 6.79. The molecule has 2 unspecified atom stereocenters. The van der Waals surface area contributed by atoms with Crippen LogP contribution >= 0.6 is 15.9 Å². The number of hydrogen-bond acceptors (Lipinski definition) is 4. The SMILES string of the molecule is O=C1CCC(=O)N1C1CC2CCC(C1)N2C(=O)CCc1cc(Br)ccc1OC(F)F. The molecule has 3 fully saturated rings. The summed E-state index contributed by atoms with van der Waals surface area (Å²) in [7, 11) is 0. The van der Waals surface area contributed by atoms with Gasteiger partial charge in [0.1, 0.15) is 5.75 Å². The van der Waals surface area contributed by atoms with Crippen LogP contribution in [0.5, 0.6) is 5.75 Å². The van der Waals surface area contributed by atoms with Gasteiger partial charge in [0.05, 0.1) is 0 Å². The highest BCUT2D eigenvalue weighted by molar-refractivity contribution is 9.10. The van der Waals surface area contributed by atoms with Gasteiger partial charge in [-0.1, -0.05) is 15.9 Å². The van der Waals surface area contributed by atoms with E-state index >= 15 is 0 Å². The fraction of sp³-hybridized carbons (Fsp3) is 0.571. The van der Waals surface area contributed by atoms with E-state index in [-0.39, 0.29) is 60.9 Å². The first kappa shape index (κ1) is 21.2. The van der Waals surface area contributed by atoms with Crippen molar-refractivity contribution in [2.45, 2.75) is 76.1 Å². The molecular formula is C21H23BrF2N2O4. The normalized spacial score (nSPS) is 26.1. The van der Waals surface area contributed by atoms with Crippen LogP contribution in [0.25, 0.3) is 0 Å². The highest BCUT2D eigenvalue weighted by atomic mass is 79.9. The third-order valence-electron chi connectivity index (χ3n) is 6.30. The van der Waals surface area contributed by atoms with Crippen LogP contribution in [-0.4, -0.2) is 52.3 Å². The van der Waals surface area contributed by atoms with Crippen molar-refractivity contribution in [2.24, 2.45) is 0 Å². The molecule has 9 heteroatoms. The number of likely N-dealkylation sites (tertiary alicyclic amines) is 1. The maximum Gasteiger partial charge on any atom is 0.387 e. The number of aryl methyl sites for hydroxylation is 1. The van der Waals surface area contributed by atoms with E-state index in [4.69, 9.17) is 0 Å². The molecule has 0 spiro atoms. The van der Waals surface area contributed by atoms with Crippen LogP contribution in [0.1, 0.15) is 50.5 Å². The zero-order valence-electron chi connectivity index (χ0n) is 16.4. The fourth-order valence-electron chi connectivity index (χ4n) is 5.09. The molecule has 162 valence electrons. The van der Waals surface area contributed by atoms with E-state index in [0.717, 1.165) is 17.3 Å². The Morgan fingerprint density at radius 2 is 1.73 bits per heavy atom. The Kier molecular flexibility index (Phi) is 6.09. The zero-order chi connectivity index (χ0) is 21.4. The summed E-state index contributed by atoms with van der Waals surface area (Å²) in [6.45, 7) is -2.92. The molecule has 3 aliphatic rings. The molecule has 3 aliphatic heterocycles. The van der Waals surface area contributed by atoms with Gasteiger partial charge in [-0.2, -0.15) is 8.78 Å². The van der Waals surface area contributed by atoms with Crippen LogP contribution < -0.4 is 4.74 Å². The summed E-state index contributed by atoms with van der Waals surface area (Å²) in [5.41, 5.74) is 0.550. The van der Waals surface area contributed by atoms with E-state index in [0.29, 0.717) is 24.8 Å². The number of piperidine rings is 1. The summed E-state index contributed by atoms with van der Waals surface area (Å²) in [5, 5.41) is 0. The smallest absolute Gasteiger partial charge is 0.387 e. The van der Waals surface area contributed by atoms with E-state index in [1.165, 1.54) is 11.0 Å². The average molecular weight is 485 g/mol. The van der Waals surface area contributed by atoms with Gasteiger partial charge in [0.2, 0.25) is 17.7 Å². The van der Waals surface area contributed by atoms with Crippen molar-refractivity contribution in [1.29, 1.82) is 0 Å². The molecule has 3 amide bonds. The highest BCUT2D eigenvalue weighted by Crippen LogP contribution is 2.39. The second-order valence-electron chi connectivity index (χ2n) is 8.10. The molecule has 3 heterocycles. The number of carbonyl (C=O) groups excluding carboxylic acids is 3. The van der Waals surface area contributed by atoms with E-state index in [1.54, 1.807) is 12.1 Å². The molecule has 2 atom stereocenters. The Morgan fingerprint density at radius 3 is 2.33 bits per heavy atom. The Hall–Kier alpha value is -2.03. The maximum absolute atomic E-state index is 13.0. The van der Waals surface area contributed by atoms with Gasteiger partial charge >= 0.3 is 6.61 Å². The first-order valence-corrected chi connectivity index (χ1v) is 11.0. The number of halogens is 3. The van der Waals surface area contributed by atoms with Crippen molar-refractivity contribution in [3.8, 4) is 5.75 Å². The van der Waals surface area contributed by atoms with E-state index < -0.39 is 6.61 Å². The van der Waals surface area contributed by atoms with E-state index in [1.807, 2.05) is 4.90 Å². The van der Waals surface area contributed by atoms with Crippen LogP contribution in [0.2, 0.25) is 0 Å². The summed E-state index contributed by atoms with van der Waals surface area (Å²) >= 11 is 3.33. The monoisotopic (exact) mass is 484 g/mol. The molecule has 6 nitrogen and oxygen atoms in total. The molecule has 30 heavy (non-hydrogen) atoms. The number of fused-ring (bicyclic) bond motifs is 2. The lowest BCUT2D eigenvalue weighted by Crippen LogP contribution is -2.53. The predicted molar refractivity (Wildman–Crippen MR) is 107 cm³/mol. The zero-order valence-corrected chi connectivity index (χ0v) is 17.9. The number of nitrogens with zero attached hydrogens (tertiary/aromatic N) is 2. The summed E-state index contributed by atoms with van der Waals surface area (Å²) < 4.78 is 30.6. The van der Waals surface area contributed by atoms with Gasteiger partial charge in [-0.3, -0.25) is 19.3 Å². The summed E-state index contributed by atoms with van der Waals surface area (Å²) in [6, 6.07) is 4.69. The molecule has 0 radical (unpaired) electrons. The number of carbonyl (C=O) groups is 3. The first-order chi connectivity index (χ1) is 14.3. The fourth-order valence-corrected chi connectivity index (χ4v) is 5.50. The molecule has 0 saturated carbocycles.